The van der Waals surface area contributed by atoms with E-state index in [0.717, 1.165) is 18.5 Å². The van der Waals surface area contributed by atoms with E-state index >= 15 is 0 Å². The average molecular weight is 489 g/mol. The van der Waals surface area contributed by atoms with E-state index in [2.05, 4.69) is 20.9 Å². The van der Waals surface area contributed by atoms with E-state index in [-0.39, 0.29) is 18.6 Å². The van der Waals surface area contributed by atoms with E-state index in [9.17, 15) is 19.2 Å². The molecule has 0 unspecified atom stereocenters. The molecular weight excluding hydrogens is 456 g/mol. The third-order valence-electron chi connectivity index (χ3n) is 4.79. The molecule has 0 bridgehead atoms. The van der Waals surface area contributed by atoms with Crippen molar-refractivity contribution in [3.63, 3.8) is 0 Å². The maximum atomic E-state index is 12.7. The zero-order chi connectivity index (χ0) is 25.6. The van der Waals surface area contributed by atoms with Crippen molar-refractivity contribution in [2.24, 2.45) is 4.99 Å². The maximum Gasteiger partial charge on any atom is 0.323 e. The number of hydrogen-bond donors (Lipinski definition) is 3. The topological polar surface area (TPSA) is 144 Å². The number of benzene rings is 1. The molecule has 3 N–H and O–H groups in total. The van der Waals surface area contributed by atoms with E-state index in [4.69, 9.17) is 14.2 Å². The smallest absolute Gasteiger partial charge is 0.323 e. The van der Waals surface area contributed by atoms with E-state index in [1.807, 2.05) is 37.3 Å². The molecule has 0 saturated carbocycles. The minimum atomic E-state index is -0.860. The Morgan fingerprint density at radius 3 is 2.54 bits per heavy atom. The molecule has 1 aliphatic rings. The van der Waals surface area contributed by atoms with Crippen molar-refractivity contribution in [1.29, 1.82) is 0 Å². The van der Waals surface area contributed by atoms with Crippen molar-refractivity contribution in [1.82, 2.24) is 10.6 Å². The highest BCUT2D eigenvalue weighted by Crippen LogP contribution is 2.22. The van der Waals surface area contributed by atoms with Crippen LogP contribution in [0, 0.1) is 0 Å². The van der Waals surface area contributed by atoms with Crippen LogP contribution in [0.1, 0.15) is 40.0 Å². The van der Waals surface area contributed by atoms with Gasteiger partial charge in [0.25, 0.3) is 5.91 Å². The molecule has 0 aliphatic carbocycles. The van der Waals surface area contributed by atoms with Crippen molar-refractivity contribution >= 4 is 35.8 Å². The van der Waals surface area contributed by atoms with Gasteiger partial charge >= 0.3 is 18.0 Å². The number of anilines is 1. The van der Waals surface area contributed by atoms with Gasteiger partial charge in [0.15, 0.2) is 0 Å². The number of nitrogens with zero attached hydrogens (tertiary/aromatic N) is 1. The Morgan fingerprint density at radius 1 is 1.14 bits per heavy atom. The summed E-state index contributed by atoms with van der Waals surface area (Å²) in [5.41, 5.74) is 0.914. The van der Waals surface area contributed by atoms with E-state index in [1.54, 1.807) is 0 Å². The largest absolute Gasteiger partial charge is 0.463 e. The van der Waals surface area contributed by atoms with Gasteiger partial charge in [-0.2, -0.15) is 0 Å². The van der Waals surface area contributed by atoms with Crippen molar-refractivity contribution < 1.29 is 33.4 Å². The lowest BCUT2D eigenvalue weighted by Gasteiger charge is -2.17. The standard InChI is InChI=1S/C24H32N4O7/c1-4-5-11-25-13-18(14-26-19-9-7-6-8-10-19)23(31)28-24(32)27-22-12-20(34-17(3)30)21(35-22)15-33-16(2)29/h6-10,13-14,20-22,26H,4-5,11-12,15H2,1-3H3,(H2,27,28,31,32)/b18-14-,25-13?/t20-,21+,22+/m0/s1. The second-order valence-corrected chi connectivity index (χ2v) is 7.78. The molecule has 1 aliphatic heterocycles. The number of rotatable bonds is 11. The predicted octanol–water partition coefficient (Wildman–Crippen LogP) is 2.29. The SMILES string of the molecule is CCCCN=C/C(=C/Nc1ccccc1)C(=O)NC(=O)N[C@H]1C[C@H](OC(C)=O)[C@@H](COC(C)=O)O1. The second kappa shape index (κ2) is 14.5. The van der Waals surface area contributed by atoms with Gasteiger partial charge in [-0.05, 0) is 18.6 Å². The fourth-order valence-corrected chi connectivity index (χ4v) is 3.12. The van der Waals surface area contributed by atoms with Gasteiger partial charge in [0.1, 0.15) is 25.0 Å². The van der Waals surface area contributed by atoms with Gasteiger partial charge in [-0.15, -0.1) is 0 Å². The number of amides is 3. The quantitative estimate of drug-likeness (QED) is 0.186. The lowest BCUT2D eigenvalue weighted by atomic mass is 10.2. The highest BCUT2D eigenvalue weighted by molar-refractivity contribution is 6.16. The van der Waals surface area contributed by atoms with Gasteiger partial charge in [-0.3, -0.25) is 24.7 Å². The fraction of sp³-hybridized carbons (Fsp3) is 0.458. The van der Waals surface area contributed by atoms with Crippen molar-refractivity contribution in [2.75, 3.05) is 18.5 Å². The normalized spacial score (nSPS) is 19.7. The number of para-hydroxylation sites is 1. The summed E-state index contributed by atoms with van der Waals surface area (Å²) in [7, 11) is 0. The number of imide groups is 1. The Labute approximate surface area is 204 Å². The Bertz CT molecular complexity index is 933. The van der Waals surface area contributed by atoms with E-state index < -0.39 is 42.3 Å². The highest BCUT2D eigenvalue weighted by atomic mass is 16.6. The summed E-state index contributed by atoms with van der Waals surface area (Å²) in [6.45, 7) is 4.94. The van der Waals surface area contributed by atoms with Gasteiger partial charge in [-0.1, -0.05) is 31.5 Å². The van der Waals surface area contributed by atoms with E-state index in [1.165, 1.54) is 26.3 Å². The molecule has 3 atom stereocenters. The van der Waals surface area contributed by atoms with Crippen LogP contribution in [0.2, 0.25) is 0 Å². The molecular formula is C24H32N4O7. The summed E-state index contributed by atoms with van der Waals surface area (Å²) < 4.78 is 15.8. The first kappa shape index (κ1) is 27.5. The molecule has 1 aromatic carbocycles. The molecule has 0 aromatic heterocycles. The molecule has 3 amide bonds. The molecule has 1 aromatic rings. The Hall–Kier alpha value is -3.73. The van der Waals surface area contributed by atoms with Crippen molar-refractivity contribution in [3.05, 3.63) is 42.1 Å². The van der Waals surface area contributed by atoms with Gasteiger partial charge in [0.05, 0.1) is 5.57 Å². The summed E-state index contributed by atoms with van der Waals surface area (Å²) in [6, 6.07) is 8.41. The number of carbonyl (C=O) groups excluding carboxylic acids is 4. The van der Waals surface area contributed by atoms with Gasteiger partial charge in [0.2, 0.25) is 0 Å². The molecule has 1 heterocycles. The van der Waals surface area contributed by atoms with Gasteiger partial charge < -0.3 is 24.8 Å². The molecule has 11 nitrogen and oxygen atoms in total. The third kappa shape index (κ3) is 10.4. The fourth-order valence-electron chi connectivity index (χ4n) is 3.12. The zero-order valence-corrected chi connectivity index (χ0v) is 20.1. The van der Waals surface area contributed by atoms with Crippen LogP contribution in [0.3, 0.4) is 0 Å². The first-order valence-electron chi connectivity index (χ1n) is 11.4. The molecule has 1 saturated heterocycles. The summed E-state index contributed by atoms with van der Waals surface area (Å²) in [4.78, 5) is 51.9. The molecule has 1 fully saturated rings. The van der Waals surface area contributed by atoms with Crippen molar-refractivity contribution in [3.8, 4) is 0 Å². The lowest BCUT2D eigenvalue weighted by molar-refractivity contribution is -0.155. The van der Waals surface area contributed by atoms with Gasteiger partial charge in [-0.25, -0.2) is 4.79 Å². The zero-order valence-electron chi connectivity index (χ0n) is 20.1. The van der Waals surface area contributed by atoms with Gasteiger partial charge in [0, 0.05) is 44.9 Å². The monoisotopic (exact) mass is 488 g/mol. The first-order valence-corrected chi connectivity index (χ1v) is 11.4. The van der Waals surface area contributed by atoms with Crippen LogP contribution in [0.15, 0.2) is 47.1 Å². The number of unbranched alkanes of at least 4 members (excludes halogenated alkanes) is 1. The summed E-state index contributed by atoms with van der Waals surface area (Å²) in [5.74, 6) is -1.72. The maximum absolute atomic E-state index is 12.7. The Kier molecular flexibility index (Phi) is 11.4. The summed E-state index contributed by atoms with van der Waals surface area (Å²) >= 11 is 0. The molecule has 0 radical (unpaired) electrons. The Balaban J connectivity index is 1.99. The number of carbonyl (C=O) groups is 4. The molecule has 2 rings (SSSR count). The first-order chi connectivity index (χ1) is 16.8. The third-order valence-corrected chi connectivity index (χ3v) is 4.79. The number of urea groups is 1. The Morgan fingerprint density at radius 2 is 1.89 bits per heavy atom. The number of ether oxygens (including phenoxy) is 3. The number of esters is 2. The second-order valence-electron chi connectivity index (χ2n) is 7.78. The number of hydrogen-bond acceptors (Lipinski definition) is 9. The highest BCUT2D eigenvalue weighted by Gasteiger charge is 2.39. The molecule has 190 valence electrons. The number of nitrogens with one attached hydrogen (secondary N) is 3. The van der Waals surface area contributed by atoms with Crippen LogP contribution in [0.5, 0.6) is 0 Å². The van der Waals surface area contributed by atoms with Crippen molar-refractivity contribution in [2.45, 2.75) is 58.5 Å². The minimum absolute atomic E-state index is 0.129. The predicted molar refractivity (Wildman–Crippen MR) is 129 cm³/mol. The van der Waals surface area contributed by atoms with E-state index in [0.29, 0.717) is 6.54 Å². The van der Waals surface area contributed by atoms with Crippen LogP contribution in [-0.2, 0) is 28.6 Å². The molecule has 0 spiro atoms. The van der Waals surface area contributed by atoms with Crippen LogP contribution in [0.25, 0.3) is 0 Å². The summed E-state index contributed by atoms with van der Waals surface area (Å²) in [6.07, 6.45) is 2.50. The van der Waals surface area contributed by atoms with Crippen LogP contribution >= 0.6 is 0 Å². The molecule has 11 heteroatoms. The van der Waals surface area contributed by atoms with Crippen LogP contribution in [-0.4, -0.2) is 61.7 Å². The van der Waals surface area contributed by atoms with Crippen LogP contribution < -0.4 is 16.0 Å². The number of aliphatic imine (C=N–C) groups is 1. The molecule has 35 heavy (non-hydrogen) atoms. The lowest BCUT2D eigenvalue weighted by Crippen LogP contribution is -2.45. The van der Waals surface area contributed by atoms with Crippen LogP contribution in [0.4, 0.5) is 10.5 Å². The summed E-state index contributed by atoms with van der Waals surface area (Å²) in [5, 5.41) is 7.77. The average Bonchev–Trinajstić information content (AvgIpc) is 3.17. The minimum Gasteiger partial charge on any atom is -0.463 e.